The van der Waals surface area contributed by atoms with Gasteiger partial charge in [0, 0.05) is 18.7 Å². The monoisotopic (exact) mass is 225 g/mol. The Balaban J connectivity index is 2.56. The maximum absolute atomic E-state index is 11.7. The van der Waals surface area contributed by atoms with Crippen LogP contribution >= 0.6 is 0 Å². The van der Waals surface area contributed by atoms with E-state index < -0.39 is 5.60 Å². The molecule has 90 valence electrons. The van der Waals surface area contributed by atoms with E-state index in [9.17, 15) is 9.59 Å². The maximum atomic E-state index is 11.7. The number of ketones is 1. The summed E-state index contributed by atoms with van der Waals surface area (Å²) in [6.07, 6.45) is 3.72. The van der Waals surface area contributed by atoms with Gasteiger partial charge in [0.25, 0.3) is 0 Å². The molecule has 1 unspecified atom stereocenters. The van der Waals surface area contributed by atoms with Crippen molar-refractivity contribution in [3.8, 4) is 0 Å². The number of carbonyl (C=O) groups is 2. The molecule has 0 bridgehead atoms. The fraction of sp³-hybridized carbons (Fsp3) is 0.667. The highest BCUT2D eigenvalue weighted by atomic mass is 16.6. The summed E-state index contributed by atoms with van der Waals surface area (Å²) in [6, 6.07) is 0. The van der Waals surface area contributed by atoms with Crippen LogP contribution in [0.25, 0.3) is 0 Å². The topological polar surface area (TPSA) is 46.6 Å². The molecule has 0 aromatic carbocycles. The highest BCUT2D eigenvalue weighted by Crippen LogP contribution is 2.17. The van der Waals surface area contributed by atoms with Gasteiger partial charge in [0.15, 0.2) is 0 Å². The Morgan fingerprint density at radius 1 is 1.38 bits per heavy atom. The van der Waals surface area contributed by atoms with E-state index in [-0.39, 0.29) is 17.8 Å². The van der Waals surface area contributed by atoms with Gasteiger partial charge in [0.1, 0.15) is 11.4 Å². The van der Waals surface area contributed by atoms with Gasteiger partial charge in [0.2, 0.25) is 0 Å². The Hall–Kier alpha value is -1.32. The van der Waals surface area contributed by atoms with Crippen molar-refractivity contribution in [2.75, 3.05) is 6.54 Å². The molecule has 0 N–H and O–H groups in total. The molecule has 1 amide bonds. The fourth-order valence-electron chi connectivity index (χ4n) is 1.47. The van der Waals surface area contributed by atoms with Crippen LogP contribution in [0.5, 0.6) is 0 Å². The van der Waals surface area contributed by atoms with Gasteiger partial charge in [0.05, 0.1) is 0 Å². The second-order valence-corrected chi connectivity index (χ2v) is 5.02. The summed E-state index contributed by atoms with van der Waals surface area (Å²) in [6.45, 7) is 7.60. The lowest BCUT2D eigenvalue weighted by molar-refractivity contribution is -0.119. The van der Waals surface area contributed by atoms with Crippen molar-refractivity contribution in [1.82, 2.24) is 4.90 Å². The maximum Gasteiger partial charge on any atom is 0.414 e. The lowest BCUT2D eigenvalue weighted by Crippen LogP contribution is -2.36. The molecule has 0 aromatic heterocycles. The first-order valence-corrected chi connectivity index (χ1v) is 5.48. The molecule has 0 saturated heterocycles. The largest absolute Gasteiger partial charge is 0.443 e. The van der Waals surface area contributed by atoms with Crippen LogP contribution in [0.3, 0.4) is 0 Å². The van der Waals surface area contributed by atoms with Crippen LogP contribution in [0.15, 0.2) is 12.3 Å². The molecular weight excluding hydrogens is 206 g/mol. The van der Waals surface area contributed by atoms with Crippen molar-refractivity contribution in [3.63, 3.8) is 0 Å². The zero-order valence-corrected chi connectivity index (χ0v) is 10.3. The van der Waals surface area contributed by atoms with Crippen LogP contribution in [-0.2, 0) is 9.53 Å². The fourth-order valence-corrected chi connectivity index (χ4v) is 1.47. The van der Waals surface area contributed by atoms with Gasteiger partial charge in [-0.15, -0.1) is 0 Å². The minimum absolute atomic E-state index is 0.0568. The molecule has 0 aromatic rings. The van der Waals surface area contributed by atoms with Crippen LogP contribution in [0.1, 0.15) is 34.1 Å². The molecule has 16 heavy (non-hydrogen) atoms. The summed E-state index contributed by atoms with van der Waals surface area (Å²) in [5.41, 5.74) is -0.484. The normalized spacial score (nSPS) is 20.8. The van der Waals surface area contributed by atoms with Crippen molar-refractivity contribution in [3.05, 3.63) is 12.3 Å². The number of hydrogen-bond donors (Lipinski definition) is 0. The smallest absolute Gasteiger partial charge is 0.414 e. The van der Waals surface area contributed by atoms with E-state index in [1.807, 2.05) is 20.8 Å². The average Bonchev–Trinajstić information content (AvgIpc) is 2.15. The molecule has 4 heteroatoms. The zero-order valence-electron chi connectivity index (χ0n) is 10.3. The molecule has 0 saturated carbocycles. The van der Waals surface area contributed by atoms with E-state index in [0.717, 1.165) is 0 Å². The number of hydrogen-bond acceptors (Lipinski definition) is 3. The lowest BCUT2D eigenvalue weighted by atomic mass is 9.99. The predicted octanol–water partition coefficient (Wildman–Crippen LogP) is 2.35. The number of nitrogens with zero attached hydrogens (tertiary/aromatic N) is 1. The van der Waals surface area contributed by atoms with Crippen LogP contribution in [-0.4, -0.2) is 28.9 Å². The number of rotatable bonds is 1. The molecule has 0 radical (unpaired) electrons. The van der Waals surface area contributed by atoms with Gasteiger partial charge >= 0.3 is 6.09 Å². The Kier molecular flexibility index (Phi) is 3.73. The zero-order chi connectivity index (χ0) is 12.3. The van der Waals surface area contributed by atoms with Crippen molar-refractivity contribution in [2.24, 2.45) is 5.92 Å². The first-order valence-electron chi connectivity index (χ1n) is 5.48. The predicted molar refractivity (Wildman–Crippen MR) is 60.9 cm³/mol. The van der Waals surface area contributed by atoms with Crippen molar-refractivity contribution in [2.45, 2.75) is 39.7 Å². The molecule has 0 spiro atoms. The first kappa shape index (κ1) is 12.7. The molecule has 1 atom stereocenters. The molecule has 1 rings (SSSR count). The molecule has 0 aliphatic carbocycles. The standard InChI is InChI=1S/C12H19NO3/c1-9(14)10-5-7-13(8-6-10)11(15)16-12(2,3)4/h5,7,10H,6,8H2,1-4H3. The number of Topliss-reactive ketones (excluding diaryl/α,β-unsaturated/α-hetero) is 1. The van der Waals surface area contributed by atoms with Gasteiger partial charge in [-0.3, -0.25) is 9.69 Å². The van der Waals surface area contributed by atoms with E-state index in [4.69, 9.17) is 4.74 Å². The third-order valence-corrected chi connectivity index (χ3v) is 2.33. The summed E-state index contributed by atoms with van der Waals surface area (Å²) in [4.78, 5) is 24.3. The Morgan fingerprint density at radius 3 is 2.38 bits per heavy atom. The van der Waals surface area contributed by atoms with Gasteiger partial charge < -0.3 is 4.74 Å². The van der Waals surface area contributed by atoms with E-state index in [2.05, 4.69) is 0 Å². The molecule has 0 fully saturated rings. The third kappa shape index (κ3) is 3.68. The lowest BCUT2D eigenvalue weighted by Gasteiger charge is -2.28. The Bertz CT molecular complexity index is 315. The highest BCUT2D eigenvalue weighted by Gasteiger charge is 2.24. The van der Waals surface area contributed by atoms with Crippen LogP contribution in [0.4, 0.5) is 4.79 Å². The first-order chi connectivity index (χ1) is 7.29. The molecule has 4 nitrogen and oxygen atoms in total. The van der Waals surface area contributed by atoms with E-state index in [0.29, 0.717) is 13.0 Å². The minimum atomic E-state index is -0.484. The summed E-state index contributed by atoms with van der Waals surface area (Å²) < 4.78 is 5.22. The summed E-state index contributed by atoms with van der Waals surface area (Å²) in [5.74, 6) is 0.0822. The van der Waals surface area contributed by atoms with E-state index in [1.165, 1.54) is 4.90 Å². The van der Waals surface area contributed by atoms with Gasteiger partial charge in [-0.1, -0.05) is 6.08 Å². The van der Waals surface area contributed by atoms with Gasteiger partial charge in [-0.25, -0.2) is 4.79 Å². The minimum Gasteiger partial charge on any atom is -0.443 e. The summed E-state index contributed by atoms with van der Waals surface area (Å²) >= 11 is 0. The third-order valence-electron chi connectivity index (χ3n) is 2.33. The SMILES string of the molecule is CC(=O)C1C=CN(C(=O)OC(C)(C)C)CC1. The van der Waals surface area contributed by atoms with E-state index >= 15 is 0 Å². The quantitative estimate of drug-likeness (QED) is 0.688. The summed E-state index contributed by atoms with van der Waals surface area (Å²) in [7, 11) is 0. The second-order valence-electron chi connectivity index (χ2n) is 5.02. The van der Waals surface area contributed by atoms with Crippen molar-refractivity contribution >= 4 is 11.9 Å². The van der Waals surface area contributed by atoms with Gasteiger partial charge in [-0.2, -0.15) is 0 Å². The number of allylic oxidation sites excluding steroid dienone is 1. The molecule has 1 aliphatic heterocycles. The molecule has 1 heterocycles. The highest BCUT2D eigenvalue weighted by molar-refractivity contribution is 5.80. The summed E-state index contributed by atoms with van der Waals surface area (Å²) in [5, 5.41) is 0. The number of carbonyl (C=O) groups excluding carboxylic acids is 2. The number of amides is 1. The van der Waals surface area contributed by atoms with Crippen LogP contribution in [0, 0.1) is 5.92 Å². The van der Waals surface area contributed by atoms with E-state index in [1.54, 1.807) is 19.2 Å². The van der Waals surface area contributed by atoms with Gasteiger partial charge in [-0.05, 0) is 34.1 Å². The van der Waals surface area contributed by atoms with Crippen LogP contribution < -0.4 is 0 Å². The second kappa shape index (κ2) is 4.68. The van der Waals surface area contributed by atoms with Crippen LogP contribution in [0.2, 0.25) is 0 Å². The average molecular weight is 225 g/mol. The molecule has 1 aliphatic rings. The van der Waals surface area contributed by atoms with Crippen molar-refractivity contribution in [1.29, 1.82) is 0 Å². The Labute approximate surface area is 96.3 Å². The number of ether oxygens (including phenoxy) is 1. The molecular formula is C12H19NO3. The Morgan fingerprint density at radius 2 is 2.00 bits per heavy atom. The van der Waals surface area contributed by atoms with Crippen molar-refractivity contribution < 1.29 is 14.3 Å².